The third kappa shape index (κ3) is 3.33. The molecule has 20 heavy (non-hydrogen) atoms. The summed E-state index contributed by atoms with van der Waals surface area (Å²) in [5, 5.41) is 11.1. The molecule has 0 fully saturated rings. The lowest BCUT2D eigenvalue weighted by Gasteiger charge is -2.14. The van der Waals surface area contributed by atoms with Crippen molar-refractivity contribution in [3.05, 3.63) is 63.6 Å². The molecular formula is C14H12Cl2O3S. The van der Waals surface area contributed by atoms with Crippen molar-refractivity contribution in [2.24, 2.45) is 0 Å². The zero-order valence-corrected chi connectivity index (χ0v) is 12.9. The minimum absolute atomic E-state index is 0.152. The maximum Gasteiger partial charge on any atom is 0.175 e. The summed E-state index contributed by atoms with van der Waals surface area (Å²) >= 11 is 11.8. The van der Waals surface area contributed by atoms with Gasteiger partial charge in [0.15, 0.2) is 9.84 Å². The Kier molecular flexibility index (Phi) is 4.39. The van der Waals surface area contributed by atoms with Gasteiger partial charge in [-0.15, -0.1) is 0 Å². The zero-order chi connectivity index (χ0) is 14.9. The van der Waals surface area contributed by atoms with E-state index >= 15 is 0 Å². The summed E-state index contributed by atoms with van der Waals surface area (Å²) in [6.07, 6.45) is 0.106. The van der Waals surface area contributed by atoms with Gasteiger partial charge in [-0.2, -0.15) is 0 Å². The minimum Gasteiger partial charge on any atom is -0.384 e. The highest BCUT2D eigenvalue weighted by molar-refractivity contribution is 7.90. The van der Waals surface area contributed by atoms with Gasteiger partial charge in [-0.25, -0.2) is 8.42 Å². The van der Waals surface area contributed by atoms with Gasteiger partial charge < -0.3 is 5.11 Å². The van der Waals surface area contributed by atoms with Crippen molar-refractivity contribution >= 4 is 33.0 Å². The Morgan fingerprint density at radius 2 is 1.80 bits per heavy atom. The van der Waals surface area contributed by atoms with Crippen LogP contribution < -0.4 is 0 Å². The van der Waals surface area contributed by atoms with E-state index in [1.54, 1.807) is 24.3 Å². The van der Waals surface area contributed by atoms with Gasteiger partial charge in [-0.3, -0.25) is 0 Å². The minimum atomic E-state index is -3.32. The molecule has 1 N–H and O–H groups in total. The Morgan fingerprint density at radius 1 is 1.10 bits per heavy atom. The third-order valence-electron chi connectivity index (χ3n) is 2.86. The Morgan fingerprint density at radius 3 is 2.40 bits per heavy atom. The van der Waals surface area contributed by atoms with Crippen molar-refractivity contribution < 1.29 is 13.5 Å². The van der Waals surface area contributed by atoms with E-state index in [9.17, 15) is 13.5 Å². The van der Waals surface area contributed by atoms with Crippen LogP contribution in [0.3, 0.4) is 0 Å². The van der Waals surface area contributed by atoms with Gasteiger partial charge >= 0.3 is 0 Å². The molecule has 2 aromatic rings. The van der Waals surface area contributed by atoms with E-state index in [1.165, 1.54) is 18.2 Å². The first-order valence-corrected chi connectivity index (χ1v) is 8.37. The average molecular weight is 331 g/mol. The fourth-order valence-electron chi connectivity index (χ4n) is 1.82. The summed E-state index contributed by atoms with van der Waals surface area (Å²) < 4.78 is 23.1. The fraction of sp³-hybridized carbons (Fsp3) is 0.143. The lowest BCUT2D eigenvalue weighted by atomic mass is 10.0. The lowest BCUT2D eigenvalue weighted by Crippen LogP contribution is -2.03. The van der Waals surface area contributed by atoms with E-state index in [0.717, 1.165) is 6.26 Å². The summed E-state index contributed by atoms with van der Waals surface area (Å²) in [5.74, 6) is 0. The van der Waals surface area contributed by atoms with Gasteiger partial charge in [0, 0.05) is 21.9 Å². The molecule has 0 radical (unpaired) electrons. The first kappa shape index (κ1) is 15.3. The van der Waals surface area contributed by atoms with Crippen LogP contribution >= 0.6 is 23.2 Å². The van der Waals surface area contributed by atoms with E-state index in [1.807, 2.05) is 0 Å². The van der Waals surface area contributed by atoms with E-state index in [4.69, 9.17) is 23.2 Å². The molecule has 0 saturated heterocycles. The standard InChI is InChI=1S/C14H12Cl2O3S/c1-20(18,19)11-4-2-3-9(7-11)14(17)12-6-5-10(15)8-13(12)16/h2-8,14,17H,1H3. The second kappa shape index (κ2) is 5.74. The normalized spacial score (nSPS) is 13.2. The molecule has 0 aliphatic rings. The smallest absolute Gasteiger partial charge is 0.175 e. The number of halogens is 2. The molecule has 106 valence electrons. The van der Waals surface area contributed by atoms with Crippen molar-refractivity contribution in [1.82, 2.24) is 0 Å². The first-order valence-electron chi connectivity index (χ1n) is 5.72. The van der Waals surface area contributed by atoms with Crippen LogP contribution in [-0.2, 0) is 9.84 Å². The molecule has 0 amide bonds. The Bertz CT molecular complexity index is 742. The SMILES string of the molecule is CS(=O)(=O)c1cccc(C(O)c2ccc(Cl)cc2Cl)c1. The predicted octanol–water partition coefficient (Wildman–Crippen LogP) is 3.48. The van der Waals surface area contributed by atoms with Crippen molar-refractivity contribution in [2.45, 2.75) is 11.0 Å². The second-order valence-corrected chi connectivity index (χ2v) is 7.27. The predicted molar refractivity (Wildman–Crippen MR) is 80.1 cm³/mol. The van der Waals surface area contributed by atoms with Gasteiger partial charge in [-0.1, -0.05) is 41.4 Å². The monoisotopic (exact) mass is 330 g/mol. The second-order valence-electron chi connectivity index (χ2n) is 4.41. The molecule has 1 unspecified atom stereocenters. The van der Waals surface area contributed by atoms with Gasteiger partial charge in [-0.05, 0) is 29.8 Å². The van der Waals surface area contributed by atoms with Crippen molar-refractivity contribution in [1.29, 1.82) is 0 Å². The number of hydrogen-bond donors (Lipinski definition) is 1. The highest BCUT2D eigenvalue weighted by Gasteiger charge is 2.16. The van der Waals surface area contributed by atoms with E-state index < -0.39 is 15.9 Å². The van der Waals surface area contributed by atoms with Crippen molar-refractivity contribution in [3.8, 4) is 0 Å². The Labute approximate surface area is 127 Å². The van der Waals surface area contributed by atoms with Crippen LogP contribution in [-0.4, -0.2) is 19.8 Å². The number of benzene rings is 2. The Balaban J connectivity index is 2.46. The van der Waals surface area contributed by atoms with E-state index in [2.05, 4.69) is 0 Å². The Hall–Kier alpha value is -1.07. The van der Waals surface area contributed by atoms with E-state index in [0.29, 0.717) is 21.2 Å². The lowest BCUT2D eigenvalue weighted by molar-refractivity contribution is 0.220. The summed E-state index contributed by atoms with van der Waals surface area (Å²) in [7, 11) is -3.32. The number of sulfone groups is 1. The zero-order valence-electron chi connectivity index (χ0n) is 10.5. The average Bonchev–Trinajstić information content (AvgIpc) is 2.37. The van der Waals surface area contributed by atoms with Gasteiger partial charge in [0.25, 0.3) is 0 Å². The molecule has 0 heterocycles. The number of rotatable bonds is 3. The highest BCUT2D eigenvalue weighted by atomic mass is 35.5. The van der Waals surface area contributed by atoms with Crippen LogP contribution in [0, 0.1) is 0 Å². The molecule has 0 spiro atoms. The van der Waals surface area contributed by atoms with Crippen LogP contribution in [0.5, 0.6) is 0 Å². The summed E-state index contributed by atoms with van der Waals surface area (Å²) in [4.78, 5) is 0.152. The molecule has 0 aliphatic carbocycles. The highest BCUT2D eigenvalue weighted by Crippen LogP contribution is 2.31. The van der Waals surface area contributed by atoms with Gasteiger partial charge in [0.2, 0.25) is 0 Å². The largest absolute Gasteiger partial charge is 0.384 e. The summed E-state index contributed by atoms with van der Waals surface area (Å²) in [5.41, 5.74) is 0.930. The maximum absolute atomic E-state index is 11.5. The quantitative estimate of drug-likeness (QED) is 0.937. The molecule has 0 saturated carbocycles. The maximum atomic E-state index is 11.5. The van der Waals surface area contributed by atoms with Crippen LogP contribution in [0.2, 0.25) is 10.0 Å². The molecule has 0 bridgehead atoms. The number of aliphatic hydroxyl groups excluding tert-OH is 1. The van der Waals surface area contributed by atoms with E-state index in [-0.39, 0.29) is 4.90 Å². The molecular weight excluding hydrogens is 319 g/mol. The van der Waals surface area contributed by atoms with Crippen LogP contribution in [0.15, 0.2) is 47.4 Å². The molecule has 2 rings (SSSR count). The summed E-state index contributed by atoms with van der Waals surface area (Å²) in [6.45, 7) is 0. The molecule has 0 aromatic heterocycles. The molecule has 1 atom stereocenters. The van der Waals surface area contributed by atoms with Crippen LogP contribution in [0.1, 0.15) is 17.2 Å². The van der Waals surface area contributed by atoms with Gasteiger partial charge in [0.1, 0.15) is 6.10 Å². The molecule has 3 nitrogen and oxygen atoms in total. The first-order chi connectivity index (χ1) is 9.29. The molecule has 0 aliphatic heterocycles. The van der Waals surface area contributed by atoms with Crippen LogP contribution in [0.25, 0.3) is 0 Å². The summed E-state index contributed by atoms with van der Waals surface area (Å²) in [6, 6.07) is 10.9. The fourth-order valence-corrected chi connectivity index (χ4v) is 3.01. The number of hydrogen-bond acceptors (Lipinski definition) is 3. The van der Waals surface area contributed by atoms with Gasteiger partial charge in [0.05, 0.1) is 4.90 Å². The number of aliphatic hydroxyl groups is 1. The van der Waals surface area contributed by atoms with Crippen molar-refractivity contribution in [3.63, 3.8) is 0 Å². The molecule has 6 heteroatoms. The topological polar surface area (TPSA) is 54.4 Å². The van der Waals surface area contributed by atoms with Crippen LogP contribution in [0.4, 0.5) is 0 Å². The third-order valence-corrected chi connectivity index (χ3v) is 4.53. The van der Waals surface area contributed by atoms with Crippen molar-refractivity contribution in [2.75, 3.05) is 6.26 Å². The molecule has 2 aromatic carbocycles.